The average Bonchev–Trinajstić information content (AvgIpc) is 2.51. The molecule has 0 fully saturated rings. The van der Waals surface area contributed by atoms with Crippen LogP contribution in [-0.4, -0.2) is 17.9 Å². The van der Waals surface area contributed by atoms with Gasteiger partial charge in [0.1, 0.15) is 0 Å². The number of hydrogen-bond acceptors (Lipinski definition) is 3. The van der Waals surface area contributed by atoms with Crippen LogP contribution >= 0.6 is 35.1 Å². The summed E-state index contributed by atoms with van der Waals surface area (Å²) in [5, 5.41) is 3.54. The van der Waals surface area contributed by atoms with Crippen molar-refractivity contribution in [1.29, 1.82) is 0 Å². The standard InChI is InChI=1S/C17H18ClNOS2/c1-12-3-6-14(18)9-16(12)19-17(20)11-22-10-13-4-7-15(21-2)8-5-13/h3-9H,10-11H2,1-2H3,(H,19,20). The van der Waals surface area contributed by atoms with Crippen LogP contribution in [0.25, 0.3) is 0 Å². The third-order valence-corrected chi connectivity index (χ3v) is 5.12. The lowest BCUT2D eigenvalue weighted by atomic mass is 10.2. The van der Waals surface area contributed by atoms with E-state index in [0.717, 1.165) is 17.0 Å². The summed E-state index contributed by atoms with van der Waals surface area (Å²) in [5.74, 6) is 1.25. The molecular formula is C17H18ClNOS2. The van der Waals surface area contributed by atoms with Gasteiger partial charge in [-0.3, -0.25) is 4.79 Å². The molecule has 0 spiro atoms. The van der Waals surface area contributed by atoms with Gasteiger partial charge in [0, 0.05) is 21.4 Å². The van der Waals surface area contributed by atoms with Gasteiger partial charge in [0.2, 0.25) is 5.91 Å². The van der Waals surface area contributed by atoms with Crippen LogP contribution in [0.2, 0.25) is 5.02 Å². The molecular weight excluding hydrogens is 334 g/mol. The summed E-state index contributed by atoms with van der Waals surface area (Å²) in [7, 11) is 0. The Balaban J connectivity index is 1.81. The molecule has 1 N–H and O–H groups in total. The number of thioether (sulfide) groups is 2. The second-order valence-corrected chi connectivity index (χ2v) is 7.15. The number of amides is 1. The lowest BCUT2D eigenvalue weighted by Crippen LogP contribution is -2.15. The van der Waals surface area contributed by atoms with Crippen molar-refractivity contribution in [3.05, 3.63) is 58.6 Å². The van der Waals surface area contributed by atoms with E-state index in [1.54, 1.807) is 29.6 Å². The molecule has 0 bridgehead atoms. The van der Waals surface area contributed by atoms with Gasteiger partial charge in [0.05, 0.1) is 5.75 Å². The summed E-state index contributed by atoms with van der Waals surface area (Å²) in [6.07, 6.45) is 2.06. The van der Waals surface area contributed by atoms with Crippen LogP contribution in [0, 0.1) is 6.92 Å². The maximum Gasteiger partial charge on any atom is 0.234 e. The molecule has 0 aliphatic heterocycles. The maximum absolute atomic E-state index is 12.0. The second-order valence-electron chi connectivity index (χ2n) is 4.85. The van der Waals surface area contributed by atoms with Crippen molar-refractivity contribution in [3.8, 4) is 0 Å². The van der Waals surface area contributed by atoms with E-state index >= 15 is 0 Å². The molecule has 0 aliphatic carbocycles. The summed E-state index contributed by atoms with van der Waals surface area (Å²) in [6, 6.07) is 13.9. The minimum Gasteiger partial charge on any atom is -0.325 e. The average molecular weight is 352 g/mol. The van der Waals surface area contributed by atoms with E-state index in [1.807, 2.05) is 19.1 Å². The molecule has 0 radical (unpaired) electrons. The van der Waals surface area contributed by atoms with Crippen molar-refractivity contribution >= 4 is 46.7 Å². The van der Waals surface area contributed by atoms with Crippen molar-refractivity contribution in [1.82, 2.24) is 0 Å². The molecule has 2 aromatic carbocycles. The first-order valence-corrected chi connectivity index (χ1v) is 9.61. The SMILES string of the molecule is CSc1ccc(CSCC(=O)Nc2cc(Cl)ccc2C)cc1. The molecule has 5 heteroatoms. The number of rotatable bonds is 6. The summed E-state index contributed by atoms with van der Waals surface area (Å²) in [5.41, 5.74) is 3.02. The highest BCUT2D eigenvalue weighted by atomic mass is 35.5. The molecule has 1 amide bonds. The minimum atomic E-state index is -0.00361. The third-order valence-electron chi connectivity index (χ3n) is 3.13. The van der Waals surface area contributed by atoms with Crippen LogP contribution in [0.3, 0.4) is 0 Å². The molecule has 0 saturated carbocycles. The van der Waals surface area contributed by atoms with Crippen LogP contribution in [0.15, 0.2) is 47.4 Å². The molecule has 0 heterocycles. The van der Waals surface area contributed by atoms with Crippen LogP contribution in [-0.2, 0) is 10.5 Å². The Hall–Kier alpha value is -1.10. The Bertz CT molecular complexity index is 644. The van der Waals surface area contributed by atoms with Gasteiger partial charge in [0.25, 0.3) is 0 Å². The van der Waals surface area contributed by atoms with Crippen molar-refractivity contribution < 1.29 is 4.79 Å². The number of carbonyl (C=O) groups excluding carboxylic acids is 1. The molecule has 0 saturated heterocycles. The first-order chi connectivity index (χ1) is 10.6. The topological polar surface area (TPSA) is 29.1 Å². The summed E-state index contributed by atoms with van der Waals surface area (Å²) in [4.78, 5) is 13.2. The van der Waals surface area contributed by atoms with Crippen molar-refractivity contribution in [3.63, 3.8) is 0 Å². The monoisotopic (exact) mass is 351 g/mol. The first kappa shape index (κ1) is 17.3. The Labute approximate surface area is 145 Å². The molecule has 0 aromatic heterocycles. The lowest BCUT2D eigenvalue weighted by Gasteiger charge is -2.09. The highest BCUT2D eigenvalue weighted by Gasteiger charge is 2.06. The van der Waals surface area contributed by atoms with Gasteiger partial charge in [0.15, 0.2) is 0 Å². The maximum atomic E-state index is 12.0. The second kappa shape index (κ2) is 8.51. The zero-order chi connectivity index (χ0) is 15.9. The summed E-state index contributed by atoms with van der Waals surface area (Å²) in [6.45, 7) is 1.95. The Morgan fingerprint density at radius 1 is 1.18 bits per heavy atom. The van der Waals surface area contributed by atoms with Gasteiger partial charge < -0.3 is 5.32 Å². The largest absolute Gasteiger partial charge is 0.325 e. The van der Waals surface area contributed by atoms with Crippen molar-refractivity contribution in [2.24, 2.45) is 0 Å². The smallest absolute Gasteiger partial charge is 0.234 e. The highest BCUT2D eigenvalue weighted by Crippen LogP contribution is 2.21. The Morgan fingerprint density at radius 2 is 1.91 bits per heavy atom. The predicted molar refractivity (Wildman–Crippen MR) is 99.2 cm³/mol. The van der Waals surface area contributed by atoms with E-state index in [-0.39, 0.29) is 5.91 Å². The number of carbonyl (C=O) groups is 1. The van der Waals surface area contributed by atoms with Crippen molar-refractivity contribution in [2.75, 3.05) is 17.3 Å². The number of aryl methyl sites for hydroxylation is 1. The number of hydrogen-bond donors (Lipinski definition) is 1. The first-order valence-electron chi connectivity index (χ1n) is 6.85. The normalized spacial score (nSPS) is 10.5. The Kier molecular flexibility index (Phi) is 6.68. The highest BCUT2D eigenvalue weighted by molar-refractivity contribution is 7.99. The van der Waals surface area contributed by atoms with Gasteiger partial charge in [-0.1, -0.05) is 29.8 Å². The Morgan fingerprint density at radius 3 is 2.59 bits per heavy atom. The molecule has 0 atom stereocenters. The number of nitrogens with one attached hydrogen (secondary N) is 1. The number of anilines is 1. The van der Waals surface area contributed by atoms with E-state index in [2.05, 4.69) is 35.8 Å². The zero-order valence-electron chi connectivity index (χ0n) is 12.6. The van der Waals surface area contributed by atoms with Crippen LogP contribution < -0.4 is 5.32 Å². The van der Waals surface area contributed by atoms with Gasteiger partial charge in [-0.15, -0.1) is 23.5 Å². The van der Waals surface area contributed by atoms with Crippen molar-refractivity contribution in [2.45, 2.75) is 17.6 Å². The fourth-order valence-corrected chi connectivity index (χ4v) is 3.27. The summed E-state index contributed by atoms with van der Waals surface area (Å²) < 4.78 is 0. The molecule has 2 rings (SSSR count). The lowest BCUT2D eigenvalue weighted by molar-refractivity contribution is -0.113. The van der Waals surface area contributed by atoms with E-state index in [1.165, 1.54) is 10.5 Å². The molecule has 2 aromatic rings. The minimum absolute atomic E-state index is 0.00361. The molecule has 0 aliphatic rings. The molecule has 116 valence electrons. The predicted octanol–water partition coefficient (Wildman–Crippen LogP) is 5.24. The van der Waals surface area contributed by atoms with Gasteiger partial charge in [-0.05, 0) is 48.6 Å². The summed E-state index contributed by atoms with van der Waals surface area (Å²) >= 11 is 9.28. The zero-order valence-corrected chi connectivity index (χ0v) is 14.9. The van der Waals surface area contributed by atoms with E-state index in [4.69, 9.17) is 11.6 Å². The van der Waals surface area contributed by atoms with Gasteiger partial charge in [-0.25, -0.2) is 0 Å². The quantitative estimate of drug-likeness (QED) is 0.721. The van der Waals surface area contributed by atoms with E-state index in [0.29, 0.717) is 10.8 Å². The van der Waals surface area contributed by atoms with Crippen LogP contribution in [0.4, 0.5) is 5.69 Å². The number of benzene rings is 2. The number of halogens is 1. The third kappa shape index (κ3) is 5.27. The van der Waals surface area contributed by atoms with E-state index in [9.17, 15) is 4.79 Å². The van der Waals surface area contributed by atoms with Gasteiger partial charge in [-0.2, -0.15) is 0 Å². The molecule has 0 unspecified atom stereocenters. The van der Waals surface area contributed by atoms with Gasteiger partial charge >= 0.3 is 0 Å². The fraction of sp³-hybridized carbons (Fsp3) is 0.235. The van der Waals surface area contributed by atoms with Crippen LogP contribution in [0.1, 0.15) is 11.1 Å². The van der Waals surface area contributed by atoms with E-state index < -0.39 is 0 Å². The van der Waals surface area contributed by atoms with Crippen LogP contribution in [0.5, 0.6) is 0 Å². The molecule has 2 nitrogen and oxygen atoms in total. The molecule has 22 heavy (non-hydrogen) atoms. The fourth-order valence-electron chi connectivity index (χ4n) is 1.90.